The molecule has 1 aromatic carbocycles. The average Bonchev–Trinajstić information content (AvgIpc) is 3.27. The minimum atomic E-state index is -0.169. The summed E-state index contributed by atoms with van der Waals surface area (Å²) >= 11 is 6.63. The van der Waals surface area contributed by atoms with Gasteiger partial charge in [-0.2, -0.15) is 10.2 Å². The second kappa shape index (κ2) is 9.22. The van der Waals surface area contributed by atoms with Crippen LogP contribution >= 0.6 is 24.0 Å². The SMILES string of the molecule is C[C@@H]1CN(c2oc(/C=C3\SC(=S)N(CCc4ccccc4)C3=O)nc2C#N)C[C@@H](C)O1. The molecular formula is C22H22N4O3S2. The van der Waals surface area contributed by atoms with Crippen LogP contribution in [0.15, 0.2) is 39.7 Å². The van der Waals surface area contributed by atoms with Crippen molar-refractivity contribution in [2.75, 3.05) is 24.5 Å². The smallest absolute Gasteiger partial charge is 0.266 e. The first kappa shape index (κ1) is 21.6. The third-order valence-corrected chi connectivity index (χ3v) is 6.41. The van der Waals surface area contributed by atoms with Gasteiger partial charge in [0, 0.05) is 25.7 Å². The van der Waals surface area contributed by atoms with Crippen LogP contribution in [-0.2, 0) is 16.0 Å². The van der Waals surface area contributed by atoms with E-state index in [1.54, 1.807) is 11.0 Å². The lowest BCUT2D eigenvalue weighted by Gasteiger charge is -2.34. The molecule has 2 saturated heterocycles. The molecule has 4 rings (SSSR count). The number of carbonyl (C=O) groups excluding carboxylic acids is 1. The number of nitriles is 1. The molecule has 160 valence electrons. The maximum Gasteiger partial charge on any atom is 0.266 e. The Labute approximate surface area is 190 Å². The number of amides is 1. The molecule has 2 aliphatic heterocycles. The first-order valence-electron chi connectivity index (χ1n) is 10.0. The number of aromatic nitrogens is 1. The van der Waals surface area contributed by atoms with Crippen LogP contribution in [0.25, 0.3) is 6.08 Å². The molecule has 0 spiro atoms. The van der Waals surface area contributed by atoms with E-state index in [0.717, 1.165) is 12.0 Å². The molecule has 7 nitrogen and oxygen atoms in total. The number of hydrogen-bond acceptors (Lipinski definition) is 8. The van der Waals surface area contributed by atoms with Crippen LogP contribution in [0.2, 0.25) is 0 Å². The number of benzene rings is 1. The van der Waals surface area contributed by atoms with Crippen LogP contribution < -0.4 is 4.90 Å². The van der Waals surface area contributed by atoms with Gasteiger partial charge in [-0.25, -0.2) is 0 Å². The molecule has 0 radical (unpaired) electrons. The number of thioether (sulfide) groups is 1. The largest absolute Gasteiger partial charge is 0.420 e. The highest BCUT2D eigenvalue weighted by Gasteiger charge is 2.33. The summed E-state index contributed by atoms with van der Waals surface area (Å²) < 4.78 is 12.1. The van der Waals surface area contributed by atoms with Gasteiger partial charge in [-0.3, -0.25) is 9.69 Å². The number of hydrogen-bond donors (Lipinski definition) is 0. The average molecular weight is 455 g/mol. The molecule has 0 N–H and O–H groups in total. The topological polar surface area (TPSA) is 82.6 Å². The second-order valence-electron chi connectivity index (χ2n) is 7.55. The Morgan fingerprint density at radius 1 is 1.29 bits per heavy atom. The zero-order valence-corrected chi connectivity index (χ0v) is 18.9. The summed E-state index contributed by atoms with van der Waals surface area (Å²) in [7, 11) is 0. The Morgan fingerprint density at radius 3 is 2.68 bits per heavy atom. The highest BCUT2D eigenvalue weighted by molar-refractivity contribution is 8.26. The molecule has 1 aromatic heterocycles. The summed E-state index contributed by atoms with van der Waals surface area (Å²) in [6, 6.07) is 12.1. The fourth-order valence-corrected chi connectivity index (χ4v) is 4.98. The van der Waals surface area contributed by atoms with Gasteiger partial charge >= 0.3 is 0 Å². The van der Waals surface area contributed by atoms with Gasteiger partial charge in [0.2, 0.25) is 17.5 Å². The Hall–Kier alpha value is -2.67. The Bertz CT molecular complexity index is 1050. The van der Waals surface area contributed by atoms with Crippen molar-refractivity contribution in [3.63, 3.8) is 0 Å². The summed E-state index contributed by atoms with van der Waals surface area (Å²) in [5.74, 6) is 0.468. The number of rotatable bonds is 5. The molecular weight excluding hydrogens is 432 g/mol. The molecule has 1 amide bonds. The van der Waals surface area contributed by atoms with E-state index in [4.69, 9.17) is 21.4 Å². The maximum atomic E-state index is 12.9. The third-order valence-electron chi connectivity index (χ3n) is 5.03. The molecule has 0 bridgehead atoms. The van der Waals surface area contributed by atoms with Gasteiger partial charge in [0.25, 0.3) is 5.91 Å². The van der Waals surface area contributed by atoms with E-state index >= 15 is 0 Å². The third kappa shape index (κ3) is 4.82. The van der Waals surface area contributed by atoms with Gasteiger partial charge in [-0.15, -0.1) is 0 Å². The molecule has 0 saturated carbocycles. The minimum absolute atomic E-state index is 0.0182. The summed E-state index contributed by atoms with van der Waals surface area (Å²) in [6.07, 6.45) is 2.32. The zero-order chi connectivity index (χ0) is 22.0. The van der Waals surface area contributed by atoms with E-state index < -0.39 is 0 Å². The number of oxazole rings is 1. The van der Waals surface area contributed by atoms with Crippen molar-refractivity contribution in [2.45, 2.75) is 32.5 Å². The summed E-state index contributed by atoms with van der Waals surface area (Å²) in [6.45, 7) is 5.68. The molecule has 2 aliphatic rings. The summed E-state index contributed by atoms with van der Waals surface area (Å²) in [5.41, 5.74) is 1.35. The van der Waals surface area contributed by atoms with Gasteiger partial charge in [-0.1, -0.05) is 54.3 Å². The predicted octanol–water partition coefficient (Wildman–Crippen LogP) is 3.60. The van der Waals surface area contributed by atoms with Crippen molar-refractivity contribution in [1.82, 2.24) is 9.88 Å². The number of nitrogens with zero attached hydrogens (tertiary/aromatic N) is 4. The molecule has 2 atom stereocenters. The molecule has 0 aliphatic carbocycles. The van der Waals surface area contributed by atoms with E-state index in [0.29, 0.717) is 34.7 Å². The van der Waals surface area contributed by atoms with E-state index in [1.807, 2.05) is 49.1 Å². The first-order valence-corrected chi connectivity index (χ1v) is 11.3. The van der Waals surface area contributed by atoms with Gasteiger partial charge in [0.1, 0.15) is 10.4 Å². The molecule has 3 heterocycles. The fourth-order valence-electron chi connectivity index (χ4n) is 3.71. The van der Waals surface area contributed by atoms with Gasteiger partial charge in [0.15, 0.2) is 0 Å². The van der Waals surface area contributed by atoms with Crippen LogP contribution in [0.3, 0.4) is 0 Å². The first-order chi connectivity index (χ1) is 14.9. The Balaban J connectivity index is 1.51. The van der Waals surface area contributed by atoms with Crippen molar-refractivity contribution in [1.29, 1.82) is 5.26 Å². The van der Waals surface area contributed by atoms with Crippen molar-refractivity contribution in [3.05, 3.63) is 52.4 Å². The molecule has 9 heteroatoms. The predicted molar refractivity (Wildman–Crippen MR) is 123 cm³/mol. The molecule has 31 heavy (non-hydrogen) atoms. The minimum Gasteiger partial charge on any atom is -0.420 e. The standard InChI is InChI=1S/C22H22N4O3S2/c1-14-12-25(13-15(2)28-14)21-17(11-23)24-19(29-21)10-18-20(27)26(22(30)31-18)9-8-16-6-4-3-5-7-16/h3-7,10,14-15H,8-9,12-13H2,1-2H3/b18-10-/t14-,15-/m1/s1. The van der Waals surface area contributed by atoms with Crippen LogP contribution in [0, 0.1) is 11.3 Å². The zero-order valence-electron chi connectivity index (χ0n) is 17.3. The molecule has 2 aromatic rings. The van der Waals surface area contributed by atoms with E-state index in [1.165, 1.54) is 11.8 Å². The van der Waals surface area contributed by atoms with E-state index in [-0.39, 0.29) is 29.7 Å². The van der Waals surface area contributed by atoms with E-state index in [9.17, 15) is 10.1 Å². The highest BCUT2D eigenvalue weighted by atomic mass is 32.2. The summed E-state index contributed by atoms with van der Waals surface area (Å²) in [4.78, 5) is 21.2. The van der Waals surface area contributed by atoms with Crippen LogP contribution in [-0.4, -0.2) is 52.0 Å². The van der Waals surface area contributed by atoms with Gasteiger partial charge in [-0.05, 0) is 25.8 Å². The van der Waals surface area contributed by atoms with Crippen LogP contribution in [0.4, 0.5) is 5.88 Å². The van der Waals surface area contributed by atoms with Crippen molar-refractivity contribution >= 4 is 46.2 Å². The normalized spacial score (nSPS) is 22.9. The second-order valence-corrected chi connectivity index (χ2v) is 9.22. The number of carbonyl (C=O) groups is 1. The highest BCUT2D eigenvalue weighted by Crippen LogP contribution is 2.34. The van der Waals surface area contributed by atoms with Crippen molar-refractivity contribution in [2.24, 2.45) is 0 Å². The van der Waals surface area contributed by atoms with Gasteiger partial charge in [0.05, 0.1) is 17.1 Å². The number of ether oxygens (including phenoxy) is 1. The van der Waals surface area contributed by atoms with Crippen molar-refractivity contribution in [3.8, 4) is 6.07 Å². The quantitative estimate of drug-likeness (QED) is 0.501. The summed E-state index contributed by atoms with van der Waals surface area (Å²) in [5, 5.41) is 9.52. The van der Waals surface area contributed by atoms with Crippen LogP contribution in [0.1, 0.15) is 31.0 Å². The van der Waals surface area contributed by atoms with Gasteiger partial charge < -0.3 is 14.1 Å². The Morgan fingerprint density at radius 2 is 2.00 bits per heavy atom. The maximum absolute atomic E-state index is 12.9. The lowest BCUT2D eigenvalue weighted by Crippen LogP contribution is -2.45. The Kier molecular flexibility index (Phi) is 6.41. The van der Waals surface area contributed by atoms with E-state index in [2.05, 4.69) is 11.1 Å². The van der Waals surface area contributed by atoms with Crippen LogP contribution in [0.5, 0.6) is 0 Å². The number of anilines is 1. The van der Waals surface area contributed by atoms with Crippen molar-refractivity contribution < 1.29 is 13.9 Å². The molecule has 2 fully saturated rings. The molecule has 0 unspecified atom stereocenters. The lowest BCUT2D eigenvalue weighted by molar-refractivity contribution is -0.122. The lowest BCUT2D eigenvalue weighted by atomic mass is 10.1. The number of morpholine rings is 1. The number of thiocarbonyl (C=S) groups is 1. The monoisotopic (exact) mass is 454 g/mol. The fraction of sp³-hybridized carbons (Fsp3) is 0.364.